The molecule has 2 nitrogen and oxygen atoms in total. The molecule has 0 saturated carbocycles. The molecule has 0 N–H and O–H groups in total. The molecule has 0 aliphatic rings. The van der Waals surface area contributed by atoms with Crippen molar-refractivity contribution in [3.63, 3.8) is 0 Å². The molecule has 13 heavy (non-hydrogen) atoms. The monoisotopic (exact) mass is 253 g/mol. The molecule has 70 valence electrons. The number of nitrogens with zero attached hydrogens (tertiary/aromatic N) is 1. The van der Waals surface area contributed by atoms with E-state index in [1.165, 1.54) is 0 Å². The van der Waals surface area contributed by atoms with E-state index in [0.29, 0.717) is 6.29 Å². The molecule has 0 saturated heterocycles. The lowest BCUT2D eigenvalue weighted by Gasteiger charge is -2.07. The average molecular weight is 254 g/mol. The summed E-state index contributed by atoms with van der Waals surface area (Å²) < 4.78 is 36.2. The fourth-order valence-corrected chi connectivity index (χ4v) is 1.17. The highest BCUT2D eigenvalue weighted by Crippen LogP contribution is 2.33. The molecule has 0 radical (unpaired) electrons. The molecule has 0 atom stereocenters. The van der Waals surface area contributed by atoms with Crippen molar-refractivity contribution in [2.75, 3.05) is 0 Å². The van der Waals surface area contributed by atoms with Gasteiger partial charge in [0.2, 0.25) is 0 Å². The van der Waals surface area contributed by atoms with E-state index in [1.807, 2.05) is 0 Å². The molecule has 1 aromatic heterocycles. The molecule has 1 aromatic rings. The number of aldehydes is 1. The normalized spacial score (nSPS) is 11.4. The number of carbonyl (C=O) groups excluding carboxylic acids is 1. The molecule has 0 bridgehead atoms. The number of hydrogen-bond donors (Lipinski definition) is 0. The molecule has 0 aliphatic heterocycles. The smallest absolute Gasteiger partial charge is 0.298 e. The molecular weight excluding hydrogens is 251 g/mol. The Morgan fingerprint density at radius 3 is 2.54 bits per heavy atom. The SMILES string of the molecule is O=Cc1cnc(Br)c(C(F)(F)F)c1. The molecule has 1 heterocycles. The van der Waals surface area contributed by atoms with Crippen molar-refractivity contribution in [1.82, 2.24) is 4.98 Å². The van der Waals surface area contributed by atoms with Crippen molar-refractivity contribution in [1.29, 1.82) is 0 Å². The lowest BCUT2D eigenvalue weighted by Crippen LogP contribution is -2.07. The van der Waals surface area contributed by atoms with Crippen LogP contribution in [0, 0.1) is 0 Å². The zero-order chi connectivity index (χ0) is 10.1. The van der Waals surface area contributed by atoms with Crippen LogP contribution in [-0.2, 0) is 6.18 Å². The Kier molecular flexibility index (Phi) is 2.70. The average Bonchev–Trinajstić information content (AvgIpc) is 2.03. The van der Waals surface area contributed by atoms with E-state index in [4.69, 9.17) is 0 Å². The van der Waals surface area contributed by atoms with Crippen molar-refractivity contribution < 1.29 is 18.0 Å². The van der Waals surface area contributed by atoms with Gasteiger partial charge in [0.05, 0.1) is 5.56 Å². The third-order valence-corrected chi connectivity index (χ3v) is 1.93. The topological polar surface area (TPSA) is 30.0 Å². The van der Waals surface area contributed by atoms with Crippen LogP contribution < -0.4 is 0 Å². The van der Waals surface area contributed by atoms with Crippen LogP contribution in [0.1, 0.15) is 15.9 Å². The van der Waals surface area contributed by atoms with Gasteiger partial charge in [-0.05, 0) is 22.0 Å². The number of aromatic nitrogens is 1. The number of hydrogen-bond acceptors (Lipinski definition) is 2. The summed E-state index contributed by atoms with van der Waals surface area (Å²) in [6.07, 6.45) is -3.12. The van der Waals surface area contributed by atoms with Gasteiger partial charge >= 0.3 is 6.18 Å². The van der Waals surface area contributed by atoms with Crippen LogP contribution in [-0.4, -0.2) is 11.3 Å². The minimum Gasteiger partial charge on any atom is -0.298 e. The summed E-state index contributed by atoms with van der Waals surface area (Å²) in [6.45, 7) is 0. The molecule has 0 aromatic carbocycles. The molecule has 0 amide bonds. The van der Waals surface area contributed by atoms with Gasteiger partial charge < -0.3 is 0 Å². The maximum Gasteiger partial charge on any atom is 0.419 e. The van der Waals surface area contributed by atoms with Crippen LogP contribution in [0.4, 0.5) is 13.2 Å². The number of pyridine rings is 1. The van der Waals surface area contributed by atoms with E-state index >= 15 is 0 Å². The Morgan fingerprint density at radius 2 is 2.08 bits per heavy atom. The highest BCUT2D eigenvalue weighted by molar-refractivity contribution is 9.10. The van der Waals surface area contributed by atoms with Gasteiger partial charge in [-0.25, -0.2) is 4.98 Å². The van der Waals surface area contributed by atoms with Gasteiger partial charge in [-0.2, -0.15) is 13.2 Å². The Labute approximate surface area is 79.9 Å². The second-order valence-corrected chi connectivity index (χ2v) is 2.97. The van der Waals surface area contributed by atoms with E-state index in [1.54, 1.807) is 0 Å². The van der Waals surface area contributed by atoms with Crippen molar-refractivity contribution in [3.8, 4) is 0 Å². The van der Waals surface area contributed by atoms with Crippen LogP contribution in [0.15, 0.2) is 16.9 Å². The summed E-state index contributed by atoms with van der Waals surface area (Å²) in [5.41, 5.74) is -1.05. The second-order valence-electron chi connectivity index (χ2n) is 2.22. The molecule has 0 fully saturated rings. The van der Waals surface area contributed by atoms with Gasteiger partial charge in [0.15, 0.2) is 6.29 Å². The minimum absolute atomic E-state index is 0.101. The first kappa shape index (κ1) is 10.2. The Hall–Kier alpha value is -0.910. The first-order chi connectivity index (χ1) is 5.95. The first-order valence-electron chi connectivity index (χ1n) is 3.13. The van der Waals surface area contributed by atoms with E-state index < -0.39 is 11.7 Å². The number of carbonyl (C=O) groups is 1. The second kappa shape index (κ2) is 3.45. The fourth-order valence-electron chi connectivity index (χ4n) is 0.727. The summed E-state index contributed by atoms with van der Waals surface area (Å²) in [5.74, 6) is 0. The third-order valence-electron chi connectivity index (χ3n) is 1.30. The lowest BCUT2D eigenvalue weighted by atomic mass is 10.2. The van der Waals surface area contributed by atoms with E-state index in [0.717, 1.165) is 12.3 Å². The van der Waals surface area contributed by atoms with Crippen LogP contribution in [0.2, 0.25) is 0 Å². The van der Waals surface area contributed by atoms with Gasteiger partial charge in [0.1, 0.15) is 4.60 Å². The van der Waals surface area contributed by atoms with Crippen molar-refractivity contribution in [2.45, 2.75) is 6.18 Å². The maximum atomic E-state index is 12.2. The summed E-state index contributed by atoms with van der Waals surface area (Å²) in [7, 11) is 0. The molecule has 0 spiro atoms. The van der Waals surface area contributed by atoms with Crippen LogP contribution in [0.5, 0.6) is 0 Å². The van der Waals surface area contributed by atoms with Crippen LogP contribution in [0.3, 0.4) is 0 Å². The Balaban J connectivity index is 3.27. The highest BCUT2D eigenvalue weighted by Gasteiger charge is 2.33. The summed E-state index contributed by atoms with van der Waals surface area (Å²) in [4.78, 5) is 13.6. The van der Waals surface area contributed by atoms with Crippen molar-refractivity contribution in [3.05, 3.63) is 28.0 Å². The predicted molar refractivity (Wildman–Crippen MR) is 42.3 cm³/mol. The van der Waals surface area contributed by atoms with E-state index in [-0.39, 0.29) is 10.2 Å². The van der Waals surface area contributed by atoms with Gasteiger partial charge in [-0.3, -0.25) is 4.79 Å². The zero-order valence-corrected chi connectivity index (χ0v) is 7.69. The number of alkyl halides is 3. The van der Waals surface area contributed by atoms with Crippen molar-refractivity contribution >= 4 is 22.2 Å². The summed E-state index contributed by atoms with van der Waals surface area (Å²) >= 11 is 2.65. The third kappa shape index (κ3) is 2.27. The largest absolute Gasteiger partial charge is 0.419 e. The van der Waals surface area contributed by atoms with Crippen LogP contribution in [0.25, 0.3) is 0 Å². The standard InChI is InChI=1S/C7H3BrF3NO/c8-6-5(7(9,10)11)1-4(3-13)2-12-6/h1-3H. The van der Waals surface area contributed by atoms with E-state index in [9.17, 15) is 18.0 Å². The molecule has 0 aliphatic carbocycles. The quantitative estimate of drug-likeness (QED) is 0.569. The lowest BCUT2D eigenvalue weighted by molar-refractivity contribution is -0.138. The molecule has 1 rings (SSSR count). The number of rotatable bonds is 1. The van der Waals surface area contributed by atoms with Crippen molar-refractivity contribution in [2.24, 2.45) is 0 Å². The van der Waals surface area contributed by atoms with Gasteiger partial charge in [0, 0.05) is 11.8 Å². The van der Waals surface area contributed by atoms with Crippen LogP contribution >= 0.6 is 15.9 Å². The van der Waals surface area contributed by atoms with Gasteiger partial charge in [0.25, 0.3) is 0 Å². The summed E-state index contributed by atoms with van der Waals surface area (Å²) in [5, 5.41) is 0. The Bertz CT molecular complexity index is 337. The maximum absolute atomic E-state index is 12.2. The number of halogens is 4. The fraction of sp³-hybridized carbons (Fsp3) is 0.143. The Morgan fingerprint density at radius 1 is 1.46 bits per heavy atom. The molecule has 0 unspecified atom stereocenters. The molecular formula is C7H3BrF3NO. The van der Waals surface area contributed by atoms with E-state index in [2.05, 4.69) is 20.9 Å². The minimum atomic E-state index is -4.50. The highest BCUT2D eigenvalue weighted by atomic mass is 79.9. The molecule has 6 heteroatoms. The summed E-state index contributed by atoms with van der Waals surface area (Å²) in [6, 6.07) is 0.740. The predicted octanol–water partition coefficient (Wildman–Crippen LogP) is 2.68. The zero-order valence-electron chi connectivity index (χ0n) is 6.10. The van der Waals surface area contributed by atoms with Gasteiger partial charge in [-0.15, -0.1) is 0 Å². The van der Waals surface area contributed by atoms with Gasteiger partial charge in [-0.1, -0.05) is 0 Å². The first-order valence-corrected chi connectivity index (χ1v) is 3.92.